The smallest absolute Gasteiger partial charge is 0.254 e. The molecule has 0 spiro atoms. The monoisotopic (exact) mass is 284 g/mol. The molecule has 0 unspecified atom stereocenters. The van der Waals surface area contributed by atoms with Gasteiger partial charge in [-0.3, -0.25) is 9.59 Å². The topological polar surface area (TPSA) is 58.2 Å². The van der Waals surface area contributed by atoms with Gasteiger partial charge in [-0.05, 0) is 24.5 Å². The van der Waals surface area contributed by atoms with Crippen LogP contribution in [0.15, 0.2) is 18.2 Å². The third kappa shape index (κ3) is 5.34. The van der Waals surface area contributed by atoms with Crippen LogP contribution >= 0.6 is 0 Å². The minimum Gasteiger partial charge on any atom is -0.355 e. The lowest BCUT2D eigenvalue weighted by Crippen LogP contribution is -2.37. The Morgan fingerprint density at radius 3 is 2.50 bits per heavy atom. The molecule has 2 amide bonds. The lowest BCUT2D eigenvalue weighted by Gasteiger charge is -2.08. The molecule has 0 heterocycles. The van der Waals surface area contributed by atoms with Gasteiger partial charge in [0.05, 0.1) is 12.1 Å². The van der Waals surface area contributed by atoms with Crippen LogP contribution in [0.25, 0.3) is 0 Å². The molecule has 1 rings (SSSR count). The lowest BCUT2D eigenvalue weighted by atomic mass is 10.1. The van der Waals surface area contributed by atoms with Crippen molar-refractivity contribution in [2.24, 2.45) is 5.92 Å². The number of hydrogen-bond donors (Lipinski definition) is 2. The molecule has 0 atom stereocenters. The number of carbonyl (C=O) groups excluding carboxylic acids is 2. The van der Waals surface area contributed by atoms with E-state index in [0.29, 0.717) is 18.5 Å². The Bertz CT molecular complexity index is 490. The van der Waals surface area contributed by atoms with E-state index in [1.165, 1.54) is 0 Å². The molecule has 1 aromatic rings. The largest absolute Gasteiger partial charge is 0.355 e. The van der Waals surface area contributed by atoms with Crippen LogP contribution in [0, 0.1) is 17.6 Å². The fourth-order valence-electron chi connectivity index (χ4n) is 1.49. The van der Waals surface area contributed by atoms with Gasteiger partial charge in [0.2, 0.25) is 5.91 Å². The van der Waals surface area contributed by atoms with Crippen molar-refractivity contribution < 1.29 is 18.4 Å². The second kappa shape index (κ2) is 7.57. The molecule has 0 fully saturated rings. The second-order valence-corrected chi connectivity index (χ2v) is 4.84. The van der Waals surface area contributed by atoms with Crippen LogP contribution in [0.2, 0.25) is 0 Å². The van der Waals surface area contributed by atoms with E-state index in [2.05, 4.69) is 10.6 Å². The summed E-state index contributed by atoms with van der Waals surface area (Å²) in [7, 11) is 0. The van der Waals surface area contributed by atoms with E-state index in [-0.39, 0.29) is 18.0 Å². The third-order valence-corrected chi connectivity index (χ3v) is 2.63. The zero-order valence-electron chi connectivity index (χ0n) is 11.5. The highest BCUT2D eigenvalue weighted by atomic mass is 19.1. The Morgan fingerprint density at radius 2 is 1.90 bits per heavy atom. The Hall–Kier alpha value is -1.98. The Balaban J connectivity index is 2.41. The maximum Gasteiger partial charge on any atom is 0.254 e. The van der Waals surface area contributed by atoms with E-state index in [9.17, 15) is 18.4 Å². The molecule has 110 valence electrons. The van der Waals surface area contributed by atoms with Gasteiger partial charge in [-0.1, -0.05) is 13.8 Å². The van der Waals surface area contributed by atoms with Crippen LogP contribution in [0.3, 0.4) is 0 Å². The van der Waals surface area contributed by atoms with Crippen molar-refractivity contribution in [2.45, 2.75) is 20.3 Å². The first-order chi connectivity index (χ1) is 9.40. The van der Waals surface area contributed by atoms with Crippen LogP contribution in [0.4, 0.5) is 8.78 Å². The summed E-state index contributed by atoms with van der Waals surface area (Å²) in [6.07, 6.45) is 0.840. The summed E-state index contributed by atoms with van der Waals surface area (Å²) in [5.41, 5.74) is -0.290. The molecule has 0 radical (unpaired) electrons. The molecule has 0 bridgehead atoms. The zero-order chi connectivity index (χ0) is 15.1. The molecule has 6 heteroatoms. The van der Waals surface area contributed by atoms with Gasteiger partial charge in [0.25, 0.3) is 5.91 Å². The van der Waals surface area contributed by atoms with Crippen LogP contribution < -0.4 is 10.6 Å². The summed E-state index contributed by atoms with van der Waals surface area (Å²) in [6.45, 7) is 4.35. The molecule has 0 aromatic heterocycles. The number of rotatable bonds is 6. The van der Waals surface area contributed by atoms with Gasteiger partial charge in [-0.25, -0.2) is 8.78 Å². The maximum atomic E-state index is 13.3. The van der Waals surface area contributed by atoms with E-state index in [1.54, 1.807) is 0 Å². The molecule has 4 nitrogen and oxygen atoms in total. The van der Waals surface area contributed by atoms with E-state index in [1.807, 2.05) is 13.8 Å². The number of benzene rings is 1. The Morgan fingerprint density at radius 1 is 1.20 bits per heavy atom. The molecule has 0 aliphatic heterocycles. The number of hydrogen-bond acceptors (Lipinski definition) is 2. The molecule has 2 N–H and O–H groups in total. The standard InChI is InChI=1S/C14H18F2N2O2/c1-9(2)5-6-17-13(19)8-18-14(20)11-4-3-10(15)7-12(11)16/h3-4,7,9H,5-6,8H2,1-2H3,(H,17,19)(H,18,20). The summed E-state index contributed by atoms with van der Waals surface area (Å²) in [5.74, 6) is -2.34. The van der Waals surface area contributed by atoms with Crippen LogP contribution in [-0.4, -0.2) is 24.9 Å². The van der Waals surface area contributed by atoms with Crippen molar-refractivity contribution in [3.05, 3.63) is 35.4 Å². The van der Waals surface area contributed by atoms with Gasteiger partial charge in [0, 0.05) is 12.6 Å². The summed E-state index contributed by atoms with van der Waals surface area (Å²) < 4.78 is 26.0. The third-order valence-electron chi connectivity index (χ3n) is 2.63. The second-order valence-electron chi connectivity index (χ2n) is 4.84. The van der Waals surface area contributed by atoms with Gasteiger partial charge < -0.3 is 10.6 Å². The number of amides is 2. The highest BCUT2D eigenvalue weighted by molar-refractivity contribution is 5.96. The predicted octanol–water partition coefficient (Wildman–Crippen LogP) is 1.86. The van der Waals surface area contributed by atoms with Gasteiger partial charge in [-0.2, -0.15) is 0 Å². The minimum absolute atomic E-state index is 0.242. The van der Waals surface area contributed by atoms with E-state index in [4.69, 9.17) is 0 Å². The molecule has 20 heavy (non-hydrogen) atoms. The highest BCUT2D eigenvalue weighted by Crippen LogP contribution is 2.08. The van der Waals surface area contributed by atoms with Crippen molar-refractivity contribution >= 4 is 11.8 Å². The van der Waals surface area contributed by atoms with Gasteiger partial charge in [-0.15, -0.1) is 0 Å². The van der Waals surface area contributed by atoms with E-state index < -0.39 is 17.5 Å². The van der Waals surface area contributed by atoms with Crippen LogP contribution in [-0.2, 0) is 4.79 Å². The summed E-state index contributed by atoms with van der Waals surface area (Å²) in [6, 6.07) is 2.65. The first-order valence-corrected chi connectivity index (χ1v) is 6.40. The summed E-state index contributed by atoms with van der Waals surface area (Å²) in [5, 5.41) is 4.92. The average Bonchev–Trinajstić information content (AvgIpc) is 2.35. The summed E-state index contributed by atoms with van der Waals surface area (Å²) in [4.78, 5) is 23.0. The quantitative estimate of drug-likeness (QED) is 0.837. The SMILES string of the molecule is CC(C)CCNC(=O)CNC(=O)c1ccc(F)cc1F. The van der Waals surface area contributed by atoms with Crippen molar-refractivity contribution in [3.63, 3.8) is 0 Å². The zero-order valence-corrected chi connectivity index (χ0v) is 11.5. The van der Waals surface area contributed by atoms with E-state index in [0.717, 1.165) is 18.6 Å². The molecule has 0 saturated heterocycles. The van der Waals surface area contributed by atoms with Gasteiger partial charge in [0.15, 0.2) is 0 Å². The van der Waals surface area contributed by atoms with E-state index >= 15 is 0 Å². The molecular formula is C14H18F2N2O2. The highest BCUT2D eigenvalue weighted by Gasteiger charge is 2.13. The fourth-order valence-corrected chi connectivity index (χ4v) is 1.49. The molecule has 0 aliphatic carbocycles. The Labute approximate surface area is 116 Å². The number of nitrogens with one attached hydrogen (secondary N) is 2. The first kappa shape index (κ1) is 16.1. The van der Waals surface area contributed by atoms with Crippen molar-refractivity contribution in [3.8, 4) is 0 Å². The normalized spacial score (nSPS) is 10.4. The first-order valence-electron chi connectivity index (χ1n) is 6.40. The van der Waals surface area contributed by atoms with Crippen molar-refractivity contribution in [1.82, 2.24) is 10.6 Å². The lowest BCUT2D eigenvalue weighted by molar-refractivity contribution is -0.120. The molecular weight excluding hydrogens is 266 g/mol. The molecule has 0 saturated carbocycles. The van der Waals surface area contributed by atoms with Crippen molar-refractivity contribution in [2.75, 3.05) is 13.1 Å². The minimum atomic E-state index is -0.956. The number of halogens is 2. The number of carbonyl (C=O) groups is 2. The molecule has 0 aliphatic rings. The fraction of sp³-hybridized carbons (Fsp3) is 0.429. The maximum absolute atomic E-state index is 13.3. The summed E-state index contributed by atoms with van der Waals surface area (Å²) >= 11 is 0. The van der Waals surface area contributed by atoms with Crippen LogP contribution in [0.5, 0.6) is 0 Å². The molecule has 1 aromatic carbocycles. The van der Waals surface area contributed by atoms with Gasteiger partial charge >= 0.3 is 0 Å². The van der Waals surface area contributed by atoms with Crippen LogP contribution in [0.1, 0.15) is 30.6 Å². The van der Waals surface area contributed by atoms with Crippen molar-refractivity contribution in [1.29, 1.82) is 0 Å². The predicted molar refractivity (Wildman–Crippen MR) is 71.2 cm³/mol. The average molecular weight is 284 g/mol. The van der Waals surface area contributed by atoms with Gasteiger partial charge in [0.1, 0.15) is 11.6 Å². The Kier molecular flexibility index (Phi) is 6.09.